The fourth-order valence-electron chi connectivity index (χ4n) is 1.94. The highest BCUT2D eigenvalue weighted by atomic mass is 16.3. The molecule has 1 amide bonds. The number of nitrogens with one attached hydrogen (secondary N) is 1. The average molecular weight is 279 g/mol. The van der Waals surface area contributed by atoms with Gasteiger partial charge >= 0.3 is 0 Å². The van der Waals surface area contributed by atoms with E-state index in [0.717, 1.165) is 11.3 Å². The van der Waals surface area contributed by atoms with Gasteiger partial charge in [-0.15, -0.1) is 0 Å². The molecule has 0 bridgehead atoms. The smallest absolute Gasteiger partial charge is 0.243 e. The first-order chi connectivity index (χ1) is 9.43. The maximum atomic E-state index is 12.3. The second-order valence-corrected chi connectivity index (χ2v) is 5.40. The second kappa shape index (κ2) is 7.99. The molecule has 5 nitrogen and oxygen atoms in total. The van der Waals surface area contributed by atoms with Crippen molar-refractivity contribution in [3.8, 4) is 0 Å². The molecule has 0 aliphatic carbocycles. The molecule has 0 saturated heterocycles. The predicted octanol–water partition coefficient (Wildman–Crippen LogP) is 0.652. The first-order valence-electron chi connectivity index (χ1n) is 6.76. The van der Waals surface area contributed by atoms with Crippen LogP contribution in [-0.2, 0) is 11.2 Å². The molecule has 0 radical (unpaired) electrons. The summed E-state index contributed by atoms with van der Waals surface area (Å²) in [6, 6.07) is 7.38. The van der Waals surface area contributed by atoms with Gasteiger partial charge in [-0.2, -0.15) is 0 Å². The highest BCUT2D eigenvalue weighted by Gasteiger charge is 2.21. The van der Waals surface area contributed by atoms with E-state index in [1.807, 2.05) is 62.3 Å². The van der Waals surface area contributed by atoms with Crippen LogP contribution in [0.5, 0.6) is 0 Å². The van der Waals surface area contributed by atoms with Gasteiger partial charge in [0.2, 0.25) is 5.91 Å². The van der Waals surface area contributed by atoms with Crippen LogP contribution in [0.3, 0.4) is 0 Å². The van der Waals surface area contributed by atoms with Crippen LogP contribution in [0.2, 0.25) is 0 Å². The first-order valence-corrected chi connectivity index (χ1v) is 6.76. The molecule has 0 saturated carbocycles. The Morgan fingerprint density at radius 2 is 1.80 bits per heavy atom. The van der Waals surface area contributed by atoms with Crippen LogP contribution in [0.1, 0.15) is 5.56 Å². The Balaban J connectivity index is 2.67. The summed E-state index contributed by atoms with van der Waals surface area (Å²) >= 11 is 0. The summed E-state index contributed by atoms with van der Waals surface area (Å²) in [7, 11) is 7.71. The van der Waals surface area contributed by atoms with Crippen molar-refractivity contribution in [3.63, 3.8) is 0 Å². The molecule has 0 spiro atoms. The van der Waals surface area contributed by atoms with E-state index in [-0.39, 0.29) is 18.6 Å². The summed E-state index contributed by atoms with van der Waals surface area (Å²) in [6.07, 6.45) is 0.634. The molecular weight excluding hydrogens is 254 g/mol. The number of nitrogens with zero attached hydrogens (tertiary/aromatic N) is 2. The van der Waals surface area contributed by atoms with Crippen LogP contribution in [0.25, 0.3) is 0 Å². The Hall–Kier alpha value is -1.43. The van der Waals surface area contributed by atoms with E-state index in [2.05, 4.69) is 5.32 Å². The molecule has 0 aliphatic rings. The Kier molecular flexibility index (Phi) is 6.64. The van der Waals surface area contributed by atoms with E-state index in [1.54, 1.807) is 0 Å². The maximum absolute atomic E-state index is 12.3. The molecule has 0 heterocycles. The lowest BCUT2D eigenvalue weighted by Crippen LogP contribution is -2.46. The molecule has 1 unspecified atom stereocenters. The van der Waals surface area contributed by atoms with Crippen molar-refractivity contribution in [1.29, 1.82) is 0 Å². The van der Waals surface area contributed by atoms with Crippen molar-refractivity contribution in [2.24, 2.45) is 0 Å². The minimum atomic E-state index is -0.192. The number of carbonyl (C=O) groups excluding carboxylic acids is 1. The number of benzene rings is 1. The van der Waals surface area contributed by atoms with E-state index in [9.17, 15) is 4.79 Å². The van der Waals surface area contributed by atoms with E-state index in [0.29, 0.717) is 13.0 Å². The summed E-state index contributed by atoms with van der Waals surface area (Å²) in [5, 5.41) is 11.8. The molecule has 5 heteroatoms. The first kappa shape index (κ1) is 16.6. The number of rotatable bonds is 7. The number of carbonyl (C=O) groups is 1. The largest absolute Gasteiger partial charge is 0.396 e. The zero-order valence-corrected chi connectivity index (χ0v) is 12.8. The molecule has 0 fully saturated rings. The van der Waals surface area contributed by atoms with Gasteiger partial charge in [0, 0.05) is 18.8 Å². The van der Waals surface area contributed by atoms with Crippen LogP contribution >= 0.6 is 0 Å². The Morgan fingerprint density at radius 3 is 2.25 bits per heavy atom. The summed E-state index contributed by atoms with van der Waals surface area (Å²) in [5.41, 5.74) is 1.84. The van der Waals surface area contributed by atoms with Crippen LogP contribution in [0.4, 0.5) is 5.69 Å². The lowest BCUT2D eigenvalue weighted by Gasteiger charge is -2.26. The van der Waals surface area contributed by atoms with E-state index < -0.39 is 0 Å². The minimum Gasteiger partial charge on any atom is -0.396 e. The molecule has 20 heavy (non-hydrogen) atoms. The normalized spacial score (nSPS) is 12.8. The molecule has 1 aromatic carbocycles. The molecule has 112 valence electrons. The summed E-state index contributed by atoms with van der Waals surface area (Å²) in [4.78, 5) is 16.2. The quantitative estimate of drug-likeness (QED) is 0.769. The van der Waals surface area contributed by atoms with Crippen LogP contribution in [0.15, 0.2) is 24.3 Å². The van der Waals surface area contributed by atoms with Crippen molar-refractivity contribution in [1.82, 2.24) is 9.80 Å². The number of hydrogen-bond acceptors (Lipinski definition) is 4. The second-order valence-electron chi connectivity index (χ2n) is 5.40. The molecule has 0 aromatic heterocycles. The van der Waals surface area contributed by atoms with Gasteiger partial charge in [0.1, 0.15) is 6.04 Å². The zero-order valence-electron chi connectivity index (χ0n) is 12.8. The van der Waals surface area contributed by atoms with Gasteiger partial charge in [0.25, 0.3) is 0 Å². The number of amides is 1. The van der Waals surface area contributed by atoms with Gasteiger partial charge in [-0.1, -0.05) is 12.1 Å². The highest BCUT2D eigenvalue weighted by Crippen LogP contribution is 2.11. The topological polar surface area (TPSA) is 55.8 Å². The van der Waals surface area contributed by atoms with E-state index in [1.165, 1.54) is 0 Å². The number of aliphatic hydroxyl groups is 1. The Labute approximate surface area is 121 Å². The average Bonchev–Trinajstić information content (AvgIpc) is 2.38. The molecule has 1 atom stereocenters. The van der Waals surface area contributed by atoms with Gasteiger partial charge in [-0.25, -0.2) is 0 Å². The minimum absolute atomic E-state index is 0.0152. The number of likely N-dealkylation sites (N-methyl/N-ethyl adjacent to an activating group) is 2. The third-order valence-corrected chi connectivity index (χ3v) is 3.09. The Bertz CT molecular complexity index is 416. The van der Waals surface area contributed by atoms with Crippen LogP contribution < -0.4 is 5.32 Å². The summed E-state index contributed by atoms with van der Waals surface area (Å²) < 4.78 is 0. The SMILES string of the molecule is CN(C)CC(C(=O)Nc1ccc(CCO)cc1)N(C)C. The molecule has 1 rings (SSSR count). The predicted molar refractivity (Wildman–Crippen MR) is 81.9 cm³/mol. The highest BCUT2D eigenvalue weighted by molar-refractivity contribution is 5.95. The number of hydrogen-bond donors (Lipinski definition) is 2. The zero-order chi connectivity index (χ0) is 15.1. The number of anilines is 1. The molecular formula is C15H25N3O2. The van der Waals surface area contributed by atoms with Gasteiger partial charge in [0.05, 0.1) is 0 Å². The van der Waals surface area contributed by atoms with E-state index in [4.69, 9.17) is 5.11 Å². The molecule has 1 aromatic rings. The van der Waals surface area contributed by atoms with Gasteiger partial charge in [-0.3, -0.25) is 9.69 Å². The third kappa shape index (κ3) is 5.28. The van der Waals surface area contributed by atoms with Crippen molar-refractivity contribution < 1.29 is 9.90 Å². The van der Waals surface area contributed by atoms with Gasteiger partial charge < -0.3 is 15.3 Å². The van der Waals surface area contributed by atoms with E-state index >= 15 is 0 Å². The van der Waals surface area contributed by atoms with Crippen molar-refractivity contribution >= 4 is 11.6 Å². The van der Waals surface area contributed by atoms with Crippen LogP contribution in [0, 0.1) is 0 Å². The monoisotopic (exact) mass is 279 g/mol. The number of aliphatic hydroxyl groups excluding tert-OH is 1. The lowest BCUT2D eigenvalue weighted by atomic mass is 10.1. The third-order valence-electron chi connectivity index (χ3n) is 3.09. The standard InChI is InChI=1S/C15H25N3O2/c1-17(2)11-14(18(3)4)15(20)16-13-7-5-12(6-8-13)9-10-19/h5-8,14,19H,9-11H2,1-4H3,(H,16,20). The lowest BCUT2D eigenvalue weighted by molar-refractivity contribution is -0.120. The summed E-state index contributed by atoms with van der Waals surface area (Å²) in [5.74, 6) is -0.0152. The Morgan fingerprint density at radius 1 is 1.20 bits per heavy atom. The summed E-state index contributed by atoms with van der Waals surface area (Å²) in [6.45, 7) is 0.804. The van der Waals surface area contributed by atoms with Crippen molar-refractivity contribution in [3.05, 3.63) is 29.8 Å². The fraction of sp³-hybridized carbons (Fsp3) is 0.533. The van der Waals surface area contributed by atoms with Gasteiger partial charge in [0.15, 0.2) is 0 Å². The molecule has 2 N–H and O–H groups in total. The van der Waals surface area contributed by atoms with Gasteiger partial charge in [-0.05, 0) is 52.3 Å². The van der Waals surface area contributed by atoms with Crippen molar-refractivity contribution in [2.75, 3.05) is 46.7 Å². The maximum Gasteiger partial charge on any atom is 0.243 e. The molecule has 0 aliphatic heterocycles. The fourth-order valence-corrected chi connectivity index (χ4v) is 1.94. The van der Waals surface area contributed by atoms with Crippen molar-refractivity contribution in [2.45, 2.75) is 12.5 Å². The van der Waals surface area contributed by atoms with Crippen LogP contribution in [-0.4, -0.2) is 68.2 Å².